The predicted octanol–water partition coefficient (Wildman–Crippen LogP) is 4.39. The molecule has 0 N–H and O–H groups in total. The number of fused-ring (bicyclic) bond motifs is 1. The number of carbonyl (C=O) groups excluding carboxylic acids is 2. The summed E-state index contributed by atoms with van der Waals surface area (Å²) in [5.74, 6) is 0.351. The summed E-state index contributed by atoms with van der Waals surface area (Å²) in [6, 6.07) is 13.0. The van der Waals surface area contributed by atoms with Crippen LogP contribution in [0.15, 0.2) is 42.5 Å². The first-order valence-electron chi connectivity index (χ1n) is 12.2. The van der Waals surface area contributed by atoms with E-state index in [1.165, 1.54) is 4.31 Å². The van der Waals surface area contributed by atoms with E-state index in [0.29, 0.717) is 36.6 Å². The zero-order valence-electron chi connectivity index (χ0n) is 20.3. The van der Waals surface area contributed by atoms with Crippen molar-refractivity contribution >= 4 is 39.1 Å². The Balaban J connectivity index is 1.51. The lowest BCUT2D eigenvalue weighted by Gasteiger charge is -2.41. The Hall–Kier alpha value is -3.07. The lowest BCUT2D eigenvalue weighted by molar-refractivity contribution is -0.120. The molecule has 2 aromatic rings. The molecule has 1 saturated carbocycles. The molecule has 186 valence electrons. The number of ether oxygens (including phenoxy) is 1. The van der Waals surface area contributed by atoms with Crippen LogP contribution in [0.5, 0.6) is 0 Å². The summed E-state index contributed by atoms with van der Waals surface area (Å²) in [4.78, 5) is 29.5. The van der Waals surface area contributed by atoms with Crippen molar-refractivity contribution in [2.75, 3.05) is 32.9 Å². The quantitative estimate of drug-likeness (QED) is 0.625. The number of sulfonamides is 1. The number of carbonyl (C=O) groups is 2. The largest absolute Gasteiger partial charge is 0.446 e. The standard InChI is InChI=1S/C26H31N3O5S/c1-17(2)34-26(31)27-16-18(3)29(25(30)20-5-6-20)23-12-9-21(15-24(23)27)19-7-10-22(11-8-19)28-13-4-14-35(28,32)33/h7-12,15,17-18,20H,4-6,13-14,16H2,1-3H3/t18-/m0/s1. The highest BCUT2D eigenvalue weighted by atomic mass is 32.2. The molecule has 2 fully saturated rings. The number of rotatable bonds is 4. The summed E-state index contributed by atoms with van der Waals surface area (Å²) < 4.78 is 31.5. The molecule has 0 aromatic heterocycles. The van der Waals surface area contributed by atoms with Gasteiger partial charge in [0.15, 0.2) is 0 Å². The smallest absolute Gasteiger partial charge is 0.414 e. The molecule has 0 spiro atoms. The van der Waals surface area contributed by atoms with Gasteiger partial charge >= 0.3 is 6.09 Å². The van der Waals surface area contributed by atoms with Crippen molar-refractivity contribution in [2.45, 2.75) is 52.2 Å². The van der Waals surface area contributed by atoms with Gasteiger partial charge in [-0.3, -0.25) is 14.0 Å². The molecule has 2 heterocycles. The van der Waals surface area contributed by atoms with E-state index in [1.54, 1.807) is 4.90 Å². The van der Waals surface area contributed by atoms with Crippen LogP contribution in [-0.2, 0) is 19.6 Å². The highest BCUT2D eigenvalue weighted by molar-refractivity contribution is 7.93. The van der Waals surface area contributed by atoms with Gasteiger partial charge in [-0.25, -0.2) is 13.2 Å². The van der Waals surface area contributed by atoms with Gasteiger partial charge < -0.3 is 9.64 Å². The Morgan fingerprint density at radius 2 is 1.69 bits per heavy atom. The summed E-state index contributed by atoms with van der Waals surface area (Å²) >= 11 is 0. The highest BCUT2D eigenvalue weighted by Crippen LogP contribution is 2.42. The average molecular weight is 498 g/mol. The summed E-state index contributed by atoms with van der Waals surface area (Å²) in [5.41, 5.74) is 3.78. The van der Waals surface area contributed by atoms with Crippen molar-refractivity contribution in [3.05, 3.63) is 42.5 Å². The third-order valence-corrected chi connectivity index (χ3v) is 8.59. The van der Waals surface area contributed by atoms with E-state index in [4.69, 9.17) is 4.74 Å². The zero-order chi connectivity index (χ0) is 24.9. The predicted molar refractivity (Wildman–Crippen MR) is 136 cm³/mol. The van der Waals surface area contributed by atoms with Crippen molar-refractivity contribution in [1.82, 2.24) is 0 Å². The molecule has 1 saturated heterocycles. The van der Waals surface area contributed by atoms with Gasteiger partial charge in [0.05, 0.1) is 35.0 Å². The maximum Gasteiger partial charge on any atom is 0.414 e. The molecule has 2 aromatic carbocycles. The van der Waals surface area contributed by atoms with Gasteiger partial charge in [-0.15, -0.1) is 0 Å². The number of nitrogens with zero attached hydrogens (tertiary/aromatic N) is 3. The van der Waals surface area contributed by atoms with E-state index in [2.05, 4.69) is 0 Å². The Morgan fingerprint density at radius 3 is 2.29 bits per heavy atom. The summed E-state index contributed by atoms with van der Waals surface area (Å²) in [6.07, 6.45) is 1.76. The highest BCUT2D eigenvalue weighted by Gasteiger charge is 2.41. The fourth-order valence-corrected chi connectivity index (χ4v) is 6.42. The molecular weight excluding hydrogens is 466 g/mol. The van der Waals surface area contributed by atoms with Gasteiger partial charge in [-0.05, 0) is 75.4 Å². The minimum Gasteiger partial charge on any atom is -0.446 e. The molecule has 3 aliphatic rings. The molecule has 5 rings (SSSR count). The molecule has 0 bridgehead atoms. The van der Waals surface area contributed by atoms with E-state index in [0.717, 1.165) is 24.0 Å². The van der Waals surface area contributed by atoms with Crippen molar-refractivity contribution in [1.29, 1.82) is 0 Å². The third-order valence-electron chi connectivity index (χ3n) is 6.72. The Kier molecular flexibility index (Phi) is 5.99. The number of hydrogen-bond acceptors (Lipinski definition) is 5. The van der Waals surface area contributed by atoms with E-state index in [-0.39, 0.29) is 29.7 Å². The molecule has 0 unspecified atom stereocenters. The van der Waals surface area contributed by atoms with Gasteiger partial charge in [-0.2, -0.15) is 0 Å². The summed E-state index contributed by atoms with van der Waals surface area (Å²) in [6.45, 7) is 6.43. The summed E-state index contributed by atoms with van der Waals surface area (Å²) in [7, 11) is -3.24. The number of amides is 2. The van der Waals surface area contributed by atoms with Gasteiger partial charge in [0.2, 0.25) is 15.9 Å². The fraction of sp³-hybridized carbons (Fsp3) is 0.462. The van der Waals surface area contributed by atoms with E-state index in [9.17, 15) is 18.0 Å². The van der Waals surface area contributed by atoms with Crippen LogP contribution in [-0.4, -0.2) is 51.4 Å². The lowest BCUT2D eigenvalue weighted by Crippen LogP contribution is -2.52. The van der Waals surface area contributed by atoms with E-state index < -0.39 is 16.1 Å². The molecule has 9 heteroatoms. The van der Waals surface area contributed by atoms with Crippen LogP contribution < -0.4 is 14.1 Å². The van der Waals surface area contributed by atoms with Crippen LogP contribution in [0.4, 0.5) is 21.9 Å². The molecule has 35 heavy (non-hydrogen) atoms. The minimum absolute atomic E-state index is 0.0635. The van der Waals surface area contributed by atoms with Crippen molar-refractivity contribution in [2.24, 2.45) is 5.92 Å². The molecular formula is C26H31N3O5S. The maximum atomic E-state index is 13.1. The first kappa shape index (κ1) is 23.7. The number of hydrogen-bond donors (Lipinski definition) is 0. The van der Waals surface area contributed by atoms with Gasteiger partial charge in [0.1, 0.15) is 0 Å². The molecule has 1 atom stereocenters. The average Bonchev–Trinajstić information content (AvgIpc) is 3.60. The molecule has 0 radical (unpaired) electrons. The first-order valence-corrected chi connectivity index (χ1v) is 13.8. The van der Waals surface area contributed by atoms with Gasteiger partial charge in [0.25, 0.3) is 0 Å². The Labute approximate surface area is 206 Å². The van der Waals surface area contributed by atoms with Crippen LogP contribution in [0.25, 0.3) is 11.1 Å². The van der Waals surface area contributed by atoms with Crippen molar-refractivity contribution < 1.29 is 22.7 Å². The van der Waals surface area contributed by atoms with Gasteiger partial charge in [-0.1, -0.05) is 18.2 Å². The second-order valence-corrected chi connectivity index (χ2v) is 11.9. The van der Waals surface area contributed by atoms with Crippen LogP contribution in [0.3, 0.4) is 0 Å². The molecule has 8 nitrogen and oxygen atoms in total. The SMILES string of the molecule is CC(C)OC(=O)N1C[C@H](C)N(C(=O)C2CC2)c2ccc(-c3ccc(N4CCCS4(=O)=O)cc3)cc21. The first-order chi connectivity index (χ1) is 16.7. The third kappa shape index (κ3) is 4.49. The second kappa shape index (κ2) is 8.86. The normalized spacial score (nSPS) is 21.3. The Morgan fingerprint density at radius 1 is 1.00 bits per heavy atom. The topological polar surface area (TPSA) is 87.2 Å². The number of benzene rings is 2. The lowest BCUT2D eigenvalue weighted by atomic mass is 10.00. The summed E-state index contributed by atoms with van der Waals surface area (Å²) in [5, 5.41) is 0. The van der Waals surface area contributed by atoms with Gasteiger partial charge in [0, 0.05) is 19.0 Å². The van der Waals surface area contributed by atoms with Crippen molar-refractivity contribution in [3.8, 4) is 11.1 Å². The molecule has 1 aliphatic carbocycles. The van der Waals surface area contributed by atoms with Crippen LogP contribution in [0, 0.1) is 5.92 Å². The molecule has 2 amide bonds. The van der Waals surface area contributed by atoms with Crippen molar-refractivity contribution in [3.63, 3.8) is 0 Å². The van der Waals surface area contributed by atoms with Crippen LogP contribution in [0.1, 0.15) is 40.0 Å². The van der Waals surface area contributed by atoms with E-state index >= 15 is 0 Å². The number of anilines is 3. The van der Waals surface area contributed by atoms with E-state index in [1.807, 2.05) is 68.1 Å². The van der Waals surface area contributed by atoms with Crippen LogP contribution >= 0.6 is 0 Å². The minimum atomic E-state index is -3.24. The zero-order valence-corrected chi connectivity index (χ0v) is 21.1. The monoisotopic (exact) mass is 497 g/mol. The van der Waals surface area contributed by atoms with Crippen LogP contribution in [0.2, 0.25) is 0 Å². The maximum absolute atomic E-state index is 13.1. The second-order valence-electron chi connectivity index (χ2n) is 9.87. The Bertz CT molecular complexity index is 1250. The fourth-order valence-electron chi connectivity index (χ4n) is 4.86. The molecule has 2 aliphatic heterocycles.